The zero-order chi connectivity index (χ0) is 43.0. The number of amides is 4. The van der Waals surface area contributed by atoms with Crippen molar-refractivity contribution in [2.24, 2.45) is 0 Å². The lowest BCUT2D eigenvalue weighted by molar-refractivity contribution is 0.0410. The second-order valence-electron chi connectivity index (χ2n) is 16.3. The Morgan fingerprint density at radius 3 is 1.45 bits per heavy atom. The van der Waals surface area contributed by atoms with Gasteiger partial charge in [-0.1, -0.05) is 0 Å². The van der Waals surface area contributed by atoms with Gasteiger partial charge in [0, 0.05) is 24.6 Å². The van der Waals surface area contributed by atoms with Gasteiger partial charge in [-0.3, -0.25) is 4.18 Å². The molecule has 0 N–H and O–H groups in total. The summed E-state index contributed by atoms with van der Waals surface area (Å²) >= 11 is 0. The first-order valence-corrected chi connectivity index (χ1v) is 19.4. The first kappa shape index (κ1) is 47.2. The van der Waals surface area contributed by atoms with E-state index in [-0.39, 0.29) is 48.9 Å². The summed E-state index contributed by atoms with van der Waals surface area (Å²) in [5, 5.41) is 0. The van der Waals surface area contributed by atoms with Crippen LogP contribution in [0.1, 0.15) is 101 Å². The summed E-state index contributed by atoms with van der Waals surface area (Å²) in [4.78, 5) is 64.7. The van der Waals surface area contributed by atoms with Gasteiger partial charge < -0.3 is 33.2 Å². The van der Waals surface area contributed by atoms with Crippen LogP contribution in [-0.2, 0) is 39.7 Å². The maximum Gasteiger partial charge on any atom is 0.427 e. The molecule has 314 valence electrons. The van der Waals surface area contributed by atoms with Crippen molar-refractivity contribution in [3.05, 3.63) is 29.5 Å². The lowest BCUT2D eigenvalue weighted by atomic mass is 10.0. The third-order valence-electron chi connectivity index (χ3n) is 6.29. The van der Waals surface area contributed by atoms with Crippen LogP contribution in [0.3, 0.4) is 0 Å². The Hall–Kier alpha value is -4.91. The Morgan fingerprint density at radius 1 is 0.661 bits per heavy atom. The van der Waals surface area contributed by atoms with Crippen LogP contribution in [0.4, 0.5) is 30.9 Å². The zero-order valence-electron chi connectivity index (χ0n) is 35.0. The van der Waals surface area contributed by atoms with Gasteiger partial charge in [-0.25, -0.2) is 24.2 Å². The van der Waals surface area contributed by atoms with Crippen LogP contribution in [-0.4, -0.2) is 98.9 Å². The van der Waals surface area contributed by atoms with Crippen molar-refractivity contribution in [1.29, 1.82) is 0 Å². The van der Waals surface area contributed by atoms with Crippen LogP contribution in [0.2, 0.25) is 0 Å². The maximum absolute atomic E-state index is 13.9. The molecular weight excluding hydrogens is 756 g/mol. The van der Waals surface area contributed by atoms with E-state index in [2.05, 4.69) is 9.97 Å². The fourth-order valence-corrected chi connectivity index (χ4v) is 4.79. The lowest BCUT2D eigenvalue weighted by Gasteiger charge is -2.30. The molecule has 0 fully saturated rings. The summed E-state index contributed by atoms with van der Waals surface area (Å²) < 4.78 is 66.7. The Morgan fingerprint density at radius 2 is 1.07 bits per heavy atom. The van der Waals surface area contributed by atoms with Gasteiger partial charge in [-0.05, 0) is 101 Å². The van der Waals surface area contributed by atoms with E-state index in [0.29, 0.717) is 15.4 Å². The van der Waals surface area contributed by atoms with Crippen molar-refractivity contribution in [2.75, 3.05) is 43.5 Å². The molecule has 1 aromatic heterocycles. The van der Waals surface area contributed by atoms with E-state index in [4.69, 9.17) is 37.3 Å². The molecule has 0 unspecified atom stereocenters. The molecule has 0 aliphatic heterocycles. The summed E-state index contributed by atoms with van der Waals surface area (Å²) in [7, 11) is -0.827. The SMILES string of the molecule is COc1cc(Cc2cnc(N(C(=O)OC(C)(C)C)C(=O)OC(C)(C)C)nc2N(C(=O)OC(C)(C)C)C(=O)OC(C)(C)C)cc(OC)c1OCCCOS(C)(=O)=O. The van der Waals surface area contributed by atoms with E-state index in [1.807, 2.05) is 0 Å². The number of carbonyl (C=O) groups is 4. The van der Waals surface area contributed by atoms with Crippen LogP contribution in [0.15, 0.2) is 18.3 Å². The quantitative estimate of drug-likeness (QED) is 0.118. The molecule has 56 heavy (non-hydrogen) atoms. The first-order chi connectivity index (χ1) is 25.4. The number of benzene rings is 1. The average molecular weight is 813 g/mol. The number of methoxy groups -OCH3 is 2. The molecule has 0 saturated heterocycles. The highest BCUT2D eigenvalue weighted by Gasteiger charge is 2.39. The fraction of sp³-hybridized carbons (Fsp3) is 0.622. The van der Waals surface area contributed by atoms with Crippen molar-refractivity contribution in [3.63, 3.8) is 0 Å². The van der Waals surface area contributed by atoms with E-state index >= 15 is 0 Å². The van der Waals surface area contributed by atoms with Gasteiger partial charge in [0.2, 0.25) is 11.7 Å². The van der Waals surface area contributed by atoms with Crippen LogP contribution in [0.25, 0.3) is 0 Å². The highest BCUT2D eigenvalue weighted by Crippen LogP contribution is 2.40. The van der Waals surface area contributed by atoms with Crippen molar-refractivity contribution in [1.82, 2.24) is 9.97 Å². The molecule has 2 aromatic rings. The number of anilines is 2. The molecule has 0 radical (unpaired) electrons. The molecule has 2 rings (SSSR count). The molecule has 1 aromatic carbocycles. The highest BCUT2D eigenvalue weighted by atomic mass is 32.2. The Bertz CT molecular complexity index is 1760. The number of nitrogens with zero attached hydrogens (tertiary/aromatic N) is 4. The number of carbonyl (C=O) groups excluding carboxylic acids is 4. The van der Waals surface area contributed by atoms with Crippen molar-refractivity contribution < 1.29 is 64.9 Å². The summed E-state index contributed by atoms with van der Waals surface area (Å²) in [5.41, 5.74) is -3.74. The van der Waals surface area contributed by atoms with Crippen LogP contribution < -0.4 is 24.0 Å². The van der Waals surface area contributed by atoms with E-state index in [1.165, 1.54) is 20.4 Å². The molecule has 0 aliphatic rings. The van der Waals surface area contributed by atoms with Gasteiger partial charge in [-0.2, -0.15) is 18.3 Å². The van der Waals surface area contributed by atoms with E-state index in [0.717, 1.165) is 6.26 Å². The number of aromatic nitrogens is 2. The summed E-state index contributed by atoms with van der Waals surface area (Å²) in [6.45, 7) is 19.1. The molecule has 0 saturated carbocycles. The van der Waals surface area contributed by atoms with Gasteiger partial charge in [0.1, 0.15) is 22.4 Å². The first-order valence-electron chi connectivity index (χ1n) is 17.5. The number of ether oxygens (including phenoxy) is 7. The molecule has 18 nitrogen and oxygen atoms in total. The molecule has 0 aliphatic carbocycles. The van der Waals surface area contributed by atoms with Crippen molar-refractivity contribution in [2.45, 2.75) is 118 Å². The minimum Gasteiger partial charge on any atom is -0.493 e. The molecule has 1 heterocycles. The predicted molar refractivity (Wildman–Crippen MR) is 205 cm³/mol. The van der Waals surface area contributed by atoms with Crippen molar-refractivity contribution >= 4 is 46.3 Å². The molecule has 4 amide bonds. The zero-order valence-corrected chi connectivity index (χ0v) is 35.8. The van der Waals surface area contributed by atoms with E-state index in [9.17, 15) is 27.6 Å². The van der Waals surface area contributed by atoms with Gasteiger partial charge in [0.05, 0.1) is 33.7 Å². The Balaban J connectivity index is 2.88. The summed E-state index contributed by atoms with van der Waals surface area (Å²) in [6.07, 6.45) is -2.48. The predicted octanol–water partition coefficient (Wildman–Crippen LogP) is 7.18. The van der Waals surface area contributed by atoms with Crippen LogP contribution >= 0.6 is 0 Å². The van der Waals surface area contributed by atoms with Gasteiger partial charge in [0.15, 0.2) is 17.3 Å². The minimum atomic E-state index is -3.63. The Kier molecular flexibility index (Phi) is 15.5. The molecule has 0 atom stereocenters. The average Bonchev–Trinajstić information content (AvgIpc) is 2.98. The standard InChI is InChI=1S/C37H56N4O14S/c1-34(2,3)52-30(42)40(31(43)53-35(4,5)6)28-24(22-38-29(39-28)41(32(44)54-36(7,8)9)33(45)55-37(10,11)12)19-23-20-25(48-13)27(26(21-23)49-14)50-17-16-18-51-56(15,46)47/h20-22H,16-19H2,1-15H3. The minimum absolute atomic E-state index is 0.0492. The largest absolute Gasteiger partial charge is 0.493 e. The third-order valence-corrected chi connectivity index (χ3v) is 6.89. The van der Waals surface area contributed by atoms with Crippen LogP contribution in [0, 0.1) is 0 Å². The van der Waals surface area contributed by atoms with Crippen molar-refractivity contribution in [3.8, 4) is 17.2 Å². The summed E-state index contributed by atoms with van der Waals surface area (Å²) in [5.74, 6) is -0.346. The highest BCUT2D eigenvalue weighted by molar-refractivity contribution is 7.85. The Labute approximate surface area is 329 Å². The number of hydrogen-bond donors (Lipinski definition) is 0. The third kappa shape index (κ3) is 15.7. The molecule has 19 heteroatoms. The smallest absolute Gasteiger partial charge is 0.427 e. The second kappa shape index (κ2) is 18.4. The lowest BCUT2D eigenvalue weighted by Crippen LogP contribution is -2.46. The normalized spacial score (nSPS) is 12.3. The maximum atomic E-state index is 13.9. The topological polar surface area (TPSA) is 209 Å². The monoisotopic (exact) mass is 812 g/mol. The number of rotatable bonds is 12. The second-order valence-corrected chi connectivity index (χ2v) is 18.0. The van der Waals surface area contributed by atoms with Gasteiger partial charge in [0.25, 0.3) is 10.1 Å². The number of imide groups is 2. The van der Waals surface area contributed by atoms with Gasteiger partial charge >= 0.3 is 24.4 Å². The van der Waals surface area contributed by atoms with E-state index in [1.54, 1.807) is 95.2 Å². The molecule has 0 bridgehead atoms. The fourth-order valence-electron chi connectivity index (χ4n) is 4.37. The molecular formula is C37H56N4O14S. The van der Waals surface area contributed by atoms with Gasteiger partial charge in [-0.15, -0.1) is 4.90 Å². The summed E-state index contributed by atoms with van der Waals surface area (Å²) in [6, 6.07) is 3.20. The van der Waals surface area contributed by atoms with E-state index < -0.39 is 68.7 Å². The van der Waals surface area contributed by atoms with Crippen LogP contribution in [0.5, 0.6) is 17.2 Å². The number of hydrogen-bond acceptors (Lipinski definition) is 16. The molecule has 0 spiro atoms.